The Hall–Kier alpha value is -3.16. The summed E-state index contributed by atoms with van der Waals surface area (Å²) in [4.78, 5) is 15.6. The molecule has 36 heavy (non-hydrogen) atoms. The monoisotopic (exact) mass is 489 g/mol. The van der Waals surface area contributed by atoms with Gasteiger partial charge < -0.3 is 24.2 Å². The summed E-state index contributed by atoms with van der Waals surface area (Å²) in [6.07, 6.45) is 3.50. The second kappa shape index (κ2) is 11.3. The topological polar surface area (TPSA) is 95.6 Å². The molecule has 0 spiro atoms. The summed E-state index contributed by atoms with van der Waals surface area (Å²) in [5.74, 6) is 0.168. The molecule has 3 aromatic carbocycles. The number of hydrogen-bond donors (Lipinski definition) is 1. The molecule has 1 aliphatic carbocycles. The summed E-state index contributed by atoms with van der Waals surface area (Å²) in [5, 5.41) is 22.4. The van der Waals surface area contributed by atoms with Crippen molar-refractivity contribution in [3.05, 3.63) is 102 Å². The van der Waals surface area contributed by atoms with Crippen molar-refractivity contribution in [2.24, 2.45) is 0 Å². The van der Waals surface area contributed by atoms with Crippen LogP contribution in [0.2, 0.25) is 0 Å². The van der Waals surface area contributed by atoms with Gasteiger partial charge in [0.2, 0.25) is 5.89 Å². The molecule has 0 fully saturated rings. The number of carbonyl (C=O) groups excluding carboxylic acids is 1. The van der Waals surface area contributed by atoms with Crippen LogP contribution in [0.1, 0.15) is 24.3 Å². The zero-order chi connectivity index (χ0) is 24.3. The number of oxazole rings is 1. The Morgan fingerprint density at radius 2 is 1.69 bits per heavy atom. The van der Waals surface area contributed by atoms with Crippen LogP contribution in [0.3, 0.4) is 0 Å². The molecule has 7 heteroatoms. The molecule has 1 aliphatic rings. The van der Waals surface area contributed by atoms with E-state index in [4.69, 9.17) is 14.1 Å². The van der Waals surface area contributed by atoms with Crippen LogP contribution in [-0.2, 0) is 11.2 Å². The van der Waals surface area contributed by atoms with Gasteiger partial charge in [0, 0.05) is 23.1 Å². The van der Waals surface area contributed by atoms with Crippen molar-refractivity contribution < 1.29 is 53.7 Å². The van der Waals surface area contributed by atoms with E-state index in [1.54, 1.807) is 18.2 Å². The Morgan fingerprint density at radius 1 is 1.00 bits per heavy atom. The molecule has 0 radical (unpaired) electrons. The molecule has 0 saturated heterocycles. The van der Waals surface area contributed by atoms with Gasteiger partial charge in [-0.3, -0.25) is 0 Å². The standard InChI is InChI=1S/C29H25NO5.Na/c31-25(32)19-34-23-14-7-9-20(17-23)18-29(33)16-8-15-24(29)28-30-26(21-10-3-1-4-11-21)27(35-28)22-12-5-2-6-13-22;/h1-7,9-15,17,33H,8,16,18-19H2,(H,31,32);/q;+1/p-1. The minimum atomic E-state index is -1.29. The van der Waals surface area contributed by atoms with Gasteiger partial charge in [-0.05, 0) is 30.5 Å². The van der Waals surface area contributed by atoms with Gasteiger partial charge in [0.1, 0.15) is 18.1 Å². The first-order valence-electron chi connectivity index (χ1n) is 11.5. The van der Waals surface area contributed by atoms with Gasteiger partial charge in [-0.25, -0.2) is 4.98 Å². The zero-order valence-electron chi connectivity index (χ0n) is 20.0. The minimum Gasteiger partial charge on any atom is -0.546 e. The first-order valence-corrected chi connectivity index (χ1v) is 11.5. The maximum absolute atomic E-state index is 11.7. The first kappa shape index (κ1) is 25.9. The second-order valence-electron chi connectivity index (χ2n) is 8.60. The third kappa shape index (κ3) is 5.63. The molecule has 176 valence electrons. The Bertz CT molecular complexity index is 1310. The number of benzene rings is 3. The molecule has 1 atom stereocenters. The molecule has 4 aromatic rings. The van der Waals surface area contributed by atoms with Crippen LogP contribution in [-0.4, -0.2) is 28.3 Å². The number of rotatable bonds is 8. The van der Waals surface area contributed by atoms with Crippen molar-refractivity contribution in [3.8, 4) is 28.3 Å². The fourth-order valence-corrected chi connectivity index (χ4v) is 4.49. The fraction of sp³-hybridized carbons (Fsp3) is 0.172. The van der Waals surface area contributed by atoms with Crippen LogP contribution in [0.4, 0.5) is 0 Å². The molecule has 6 nitrogen and oxygen atoms in total. The SMILES string of the molecule is O=C([O-])COc1cccc(CC2(O)CCC=C2c2nc(-c3ccccc3)c(-c3ccccc3)o2)c1.[Na+]. The second-order valence-corrected chi connectivity index (χ2v) is 8.60. The minimum absolute atomic E-state index is 0. The number of carbonyl (C=O) groups is 1. The number of carboxylic acid groups (broad SMARTS) is 1. The molecule has 5 rings (SSSR count). The van der Waals surface area contributed by atoms with Gasteiger partial charge in [-0.15, -0.1) is 0 Å². The number of aliphatic carboxylic acids is 1. The Kier molecular flexibility index (Phi) is 8.11. The van der Waals surface area contributed by atoms with E-state index < -0.39 is 18.2 Å². The number of aromatic nitrogens is 1. The van der Waals surface area contributed by atoms with Crippen molar-refractivity contribution >= 4 is 11.5 Å². The maximum Gasteiger partial charge on any atom is 1.00 e. The van der Waals surface area contributed by atoms with Crippen molar-refractivity contribution in [2.75, 3.05) is 6.61 Å². The largest absolute Gasteiger partial charge is 1.00 e. The molecule has 0 amide bonds. The number of allylic oxidation sites excluding steroid dienone is 1. The van der Waals surface area contributed by atoms with E-state index in [0.717, 1.165) is 22.4 Å². The van der Waals surface area contributed by atoms with Gasteiger partial charge >= 0.3 is 29.6 Å². The summed E-state index contributed by atoms with van der Waals surface area (Å²) < 4.78 is 11.6. The van der Waals surface area contributed by atoms with Crippen LogP contribution in [0.5, 0.6) is 5.75 Å². The molecule has 0 saturated carbocycles. The average molecular weight is 490 g/mol. The van der Waals surface area contributed by atoms with Crippen LogP contribution in [0, 0.1) is 0 Å². The summed E-state index contributed by atoms with van der Waals surface area (Å²) in [7, 11) is 0. The first-order chi connectivity index (χ1) is 17.0. The van der Waals surface area contributed by atoms with Gasteiger partial charge in [-0.2, -0.15) is 0 Å². The predicted octanol–water partition coefficient (Wildman–Crippen LogP) is 1.29. The molecule has 1 N–H and O–H groups in total. The molecule has 1 unspecified atom stereocenters. The Balaban J connectivity index is 0.00000304. The molecule has 1 aromatic heterocycles. The van der Waals surface area contributed by atoms with Crippen LogP contribution >= 0.6 is 0 Å². The van der Waals surface area contributed by atoms with E-state index in [9.17, 15) is 15.0 Å². The summed E-state index contributed by atoms with van der Waals surface area (Å²) in [5.41, 5.74) is 2.85. The quantitative estimate of drug-likeness (QED) is 0.375. The summed E-state index contributed by atoms with van der Waals surface area (Å²) in [6.45, 7) is -0.528. The summed E-state index contributed by atoms with van der Waals surface area (Å²) >= 11 is 0. The van der Waals surface area contributed by atoms with E-state index in [1.165, 1.54) is 0 Å². The Labute approximate surface area is 231 Å². The zero-order valence-corrected chi connectivity index (χ0v) is 22.0. The molecule has 1 heterocycles. The van der Waals surface area contributed by atoms with Crippen molar-refractivity contribution in [2.45, 2.75) is 24.9 Å². The van der Waals surface area contributed by atoms with Gasteiger partial charge in [-0.1, -0.05) is 78.9 Å². The summed E-state index contributed by atoms with van der Waals surface area (Å²) in [6, 6.07) is 26.7. The number of aliphatic hydroxyl groups is 1. The van der Waals surface area contributed by atoms with E-state index in [2.05, 4.69) is 0 Å². The third-order valence-corrected chi connectivity index (χ3v) is 6.10. The van der Waals surface area contributed by atoms with Crippen LogP contribution < -0.4 is 39.4 Å². The van der Waals surface area contributed by atoms with Crippen molar-refractivity contribution in [3.63, 3.8) is 0 Å². The van der Waals surface area contributed by atoms with E-state index in [-0.39, 0.29) is 29.6 Å². The van der Waals surface area contributed by atoms with Gasteiger partial charge in [0.25, 0.3) is 0 Å². The van der Waals surface area contributed by atoms with Crippen LogP contribution in [0.15, 0.2) is 95.4 Å². The van der Waals surface area contributed by atoms with Crippen LogP contribution in [0.25, 0.3) is 28.2 Å². The van der Waals surface area contributed by atoms with E-state index in [1.807, 2.05) is 72.8 Å². The van der Waals surface area contributed by atoms with E-state index >= 15 is 0 Å². The number of ether oxygens (including phenoxy) is 1. The van der Waals surface area contributed by atoms with Crippen molar-refractivity contribution in [1.82, 2.24) is 4.98 Å². The maximum atomic E-state index is 11.7. The Morgan fingerprint density at radius 3 is 2.39 bits per heavy atom. The van der Waals surface area contributed by atoms with Crippen molar-refractivity contribution in [1.29, 1.82) is 0 Å². The van der Waals surface area contributed by atoms with Gasteiger partial charge in [0.05, 0.1) is 11.6 Å². The van der Waals surface area contributed by atoms with E-state index in [0.29, 0.717) is 42.2 Å². The predicted molar refractivity (Wildman–Crippen MR) is 130 cm³/mol. The fourth-order valence-electron chi connectivity index (χ4n) is 4.49. The normalized spacial score (nSPS) is 16.8. The number of hydrogen-bond acceptors (Lipinski definition) is 6. The molecule has 0 bridgehead atoms. The van der Waals surface area contributed by atoms with Gasteiger partial charge in [0.15, 0.2) is 5.76 Å². The molecular weight excluding hydrogens is 465 g/mol. The average Bonchev–Trinajstić information content (AvgIpc) is 3.48. The number of carboxylic acids is 1. The number of nitrogens with zero attached hydrogens (tertiary/aromatic N) is 1. The third-order valence-electron chi connectivity index (χ3n) is 6.10. The molecule has 0 aliphatic heterocycles. The molecular formula is C29H24NNaO5. The smallest absolute Gasteiger partial charge is 0.546 e.